The standard InChI is InChI=1S/C11H20ClNO2/c1-15-10-5-4-8-13(9-10)11(14)6-2-3-7-12/h10H,2-9H2,1H3. The van der Waals surface area contributed by atoms with Gasteiger partial charge >= 0.3 is 0 Å². The summed E-state index contributed by atoms with van der Waals surface area (Å²) in [5.74, 6) is 0.899. The number of hydrogen-bond donors (Lipinski definition) is 0. The third-order valence-corrected chi connectivity index (χ3v) is 3.11. The van der Waals surface area contributed by atoms with Crippen LogP contribution in [0.4, 0.5) is 0 Å². The first kappa shape index (κ1) is 12.8. The molecule has 0 aliphatic carbocycles. The van der Waals surface area contributed by atoms with Crippen molar-refractivity contribution in [2.45, 2.75) is 38.2 Å². The lowest BCUT2D eigenvalue weighted by Crippen LogP contribution is -2.42. The molecule has 4 heteroatoms. The van der Waals surface area contributed by atoms with Gasteiger partial charge in [-0.15, -0.1) is 11.6 Å². The van der Waals surface area contributed by atoms with E-state index < -0.39 is 0 Å². The zero-order valence-electron chi connectivity index (χ0n) is 9.38. The lowest BCUT2D eigenvalue weighted by molar-refractivity contribution is -0.134. The fourth-order valence-electron chi connectivity index (χ4n) is 1.89. The molecule has 1 rings (SSSR count). The fourth-order valence-corrected chi connectivity index (χ4v) is 2.07. The average Bonchev–Trinajstić information content (AvgIpc) is 2.29. The minimum absolute atomic E-state index is 0.232. The van der Waals surface area contributed by atoms with E-state index in [1.165, 1.54) is 0 Å². The summed E-state index contributed by atoms with van der Waals surface area (Å²) >= 11 is 5.57. The molecule has 1 aliphatic rings. The summed E-state index contributed by atoms with van der Waals surface area (Å²) in [5.41, 5.74) is 0. The Bertz CT molecular complexity index is 199. The van der Waals surface area contributed by atoms with Gasteiger partial charge in [0.15, 0.2) is 0 Å². The number of nitrogens with zero attached hydrogens (tertiary/aromatic N) is 1. The Balaban J connectivity index is 2.25. The van der Waals surface area contributed by atoms with Crippen molar-refractivity contribution in [2.75, 3.05) is 26.1 Å². The van der Waals surface area contributed by atoms with Crippen molar-refractivity contribution in [2.24, 2.45) is 0 Å². The van der Waals surface area contributed by atoms with Crippen LogP contribution in [0.3, 0.4) is 0 Å². The van der Waals surface area contributed by atoms with Crippen LogP contribution < -0.4 is 0 Å². The summed E-state index contributed by atoms with van der Waals surface area (Å²) in [7, 11) is 1.71. The zero-order valence-corrected chi connectivity index (χ0v) is 10.1. The van der Waals surface area contributed by atoms with Crippen molar-refractivity contribution in [1.29, 1.82) is 0 Å². The normalized spacial score (nSPS) is 21.7. The number of piperidine rings is 1. The Morgan fingerprint density at radius 2 is 2.33 bits per heavy atom. The Kier molecular flexibility index (Phi) is 6.03. The lowest BCUT2D eigenvalue weighted by Gasteiger charge is -2.32. The van der Waals surface area contributed by atoms with Crippen LogP contribution in [0.25, 0.3) is 0 Å². The number of methoxy groups -OCH3 is 1. The zero-order chi connectivity index (χ0) is 11.1. The Labute approximate surface area is 96.7 Å². The summed E-state index contributed by atoms with van der Waals surface area (Å²) in [4.78, 5) is 13.7. The number of ether oxygens (including phenoxy) is 1. The molecule has 1 atom stereocenters. The molecule has 1 heterocycles. The minimum atomic E-state index is 0.232. The monoisotopic (exact) mass is 233 g/mol. The topological polar surface area (TPSA) is 29.5 Å². The molecule has 0 bridgehead atoms. The van der Waals surface area contributed by atoms with Crippen molar-refractivity contribution >= 4 is 17.5 Å². The molecule has 1 fully saturated rings. The van der Waals surface area contributed by atoms with Gasteiger partial charge in [-0.1, -0.05) is 0 Å². The van der Waals surface area contributed by atoms with Crippen molar-refractivity contribution < 1.29 is 9.53 Å². The molecule has 0 N–H and O–H groups in total. The van der Waals surface area contributed by atoms with Crippen LogP contribution in [-0.4, -0.2) is 43.0 Å². The van der Waals surface area contributed by atoms with E-state index in [0.29, 0.717) is 12.3 Å². The Morgan fingerprint density at radius 1 is 1.53 bits per heavy atom. The van der Waals surface area contributed by atoms with Gasteiger partial charge in [0, 0.05) is 32.5 Å². The van der Waals surface area contributed by atoms with Gasteiger partial charge in [0.1, 0.15) is 0 Å². The van der Waals surface area contributed by atoms with Crippen molar-refractivity contribution in [3.8, 4) is 0 Å². The van der Waals surface area contributed by atoms with Crippen LogP contribution in [-0.2, 0) is 9.53 Å². The largest absolute Gasteiger partial charge is 0.380 e. The molecule has 88 valence electrons. The molecule has 0 aromatic heterocycles. The number of hydrogen-bond acceptors (Lipinski definition) is 2. The van der Waals surface area contributed by atoms with Gasteiger partial charge in [-0.2, -0.15) is 0 Å². The summed E-state index contributed by atoms with van der Waals surface area (Å²) < 4.78 is 5.28. The second-order valence-corrected chi connectivity index (χ2v) is 4.36. The summed E-state index contributed by atoms with van der Waals surface area (Å²) in [6, 6.07) is 0. The highest BCUT2D eigenvalue weighted by Crippen LogP contribution is 2.14. The predicted molar refractivity (Wildman–Crippen MR) is 61.2 cm³/mol. The molecule has 1 amide bonds. The number of amides is 1. The van der Waals surface area contributed by atoms with Crippen LogP contribution in [0.5, 0.6) is 0 Å². The molecule has 0 saturated carbocycles. The van der Waals surface area contributed by atoms with E-state index >= 15 is 0 Å². The molecule has 0 aromatic carbocycles. The van der Waals surface area contributed by atoms with Crippen LogP contribution in [0.15, 0.2) is 0 Å². The van der Waals surface area contributed by atoms with Crippen LogP contribution in [0.2, 0.25) is 0 Å². The number of carbonyl (C=O) groups excluding carboxylic acids is 1. The Hall–Kier alpha value is -0.280. The molecule has 0 aromatic rings. The lowest BCUT2D eigenvalue weighted by atomic mass is 10.1. The maximum atomic E-state index is 11.8. The number of alkyl halides is 1. The highest BCUT2D eigenvalue weighted by Gasteiger charge is 2.22. The SMILES string of the molecule is COC1CCCN(C(=O)CCCCCl)C1. The Morgan fingerprint density at radius 3 is 3.00 bits per heavy atom. The molecule has 0 spiro atoms. The predicted octanol–water partition coefficient (Wildman–Crippen LogP) is 2.03. The quantitative estimate of drug-likeness (QED) is 0.537. The number of carbonyl (C=O) groups is 1. The van der Waals surface area contributed by atoms with Crippen molar-refractivity contribution in [3.05, 3.63) is 0 Å². The van der Waals surface area contributed by atoms with Gasteiger partial charge in [0.25, 0.3) is 0 Å². The highest BCUT2D eigenvalue weighted by molar-refractivity contribution is 6.17. The fraction of sp³-hybridized carbons (Fsp3) is 0.909. The van der Waals surface area contributed by atoms with Crippen LogP contribution in [0.1, 0.15) is 32.1 Å². The number of rotatable bonds is 5. The summed E-state index contributed by atoms with van der Waals surface area (Å²) in [5, 5.41) is 0. The highest BCUT2D eigenvalue weighted by atomic mass is 35.5. The van der Waals surface area contributed by atoms with Crippen LogP contribution >= 0.6 is 11.6 Å². The summed E-state index contributed by atoms with van der Waals surface area (Å²) in [6.07, 6.45) is 4.81. The maximum absolute atomic E-state index is 11.8. The third kappa shape index (κ3) is 4.39. The van der Waals surface area contributed by atoms with Gasteiger partial charge in [-0.25, -0.2) is 0 Å². The van der Waals surface area contributed by atoms with Gasteiger partial charge < -0.3 is 9.64 Å². The first-order valence-electron chi connectivity index (χ1n) is 5.64. The van der Waals surface area contributed by atoms with Crippen molar-refractivity contribution in [1.82, 2.24) is 4.90 Å². The maximum Gasteiger partial charge on any atom is 0.222 e. The molecule has 1 saturated heterocycles. The van der Waals surface area contributed by atoms with Crippen LogP contribution in [0, 0.1) is 0 Å². The first-order chi connectivity index (χ1) is 7.27. The van der Waals surface area contributed by atoms with E-state index in [1.807, 2.05) is 4.90 Å². The van der Waals surface area contributed by atoms with E-state index in [2.05, 4.69) is 0 Å². The molecule has 3 nitrogen and oxygen atoms in total. The summed E-state index contributed by atoms with van der Waals surface area (Å²) in [6.45, 7) is 1.65. The van der Waals surface area contributed by atoms with E-state index in [1.54, 1.807) is 7.11 Å². The molecular weight excluding hydrogens is 214 g/mol. The number of halogens is 1. The first-order valence-corrected chi connectivity index (χ1v) is 6.18. The molecular formula is C11H20ClNO2. The van der Waals surface area contributed by atoms with Gasteiger partial charge in [0.2, 0.25) is 5.91 Å². The second-order valence-electron chi connectivity index (χ2n) is 3.99. The molecule has 15 heavy (non-hydrogen) atoms. The molecule has 1 unspecified atom stereocenters. The third-order valence-electron chi connectivity index (χ3n) is 2.84. The average molecular weight is 234 g/mol. The van der Waals surface area contributed by atoms with E-state index in [-0.39, 0.29) is 12.0 Å². The van der Waals surface area contributed by atoms with E-state index in [0.717, 1.165) is 38.8 Å². The van der Waals surface area contributed by atoms with Gasteiger partial charge in [-0.05, 0) is 25.7 Å². The smallest absolute Gasteiger partial charge is 0.222 e. The van der Waals surface area contributed by atoms with Gasteiger partial charge in [0.05, 0.1) is 6.10 Å². The molecule has 1 aliphatic heterocycles. The van der Waals surface area contributed by atoms with E-state index in [4.69, 9.17) is 16.3 Å². The molecule has 0 radical (unpaired) electrons. The van der Waals surface area contributed by atoms with Gasteiger partial charge in [-0.3, -0.25) is 4.79 Å². The van der Waals surface area contributed by atoms with E-state index in [9.17, 15) is 4.79 Å². The minimum Gasteiger partial charge on any atom is -0.380 e. The number of likely N-dealkylation sites (tertiary alicyclic amines) is 1. The second kappa shape index (κ2) is 7.07. The number of unbranched alkanes of at least 4 members (excludes halogenated alkanes) is 1. The van der Waals surface area contributed by atoms with Crippen molar-refractivity contribution in [3.63, 3.8) is 0 Å².